The van der Waals surface area contributed by atoms with Crippen LogP contribution in [0.25, 0.3) is 0 Å². The lowest BCUT2D eigenvalue weighted by molar-refractivity contribution is -0.134. The topological polar surface area (TPSA) is 67.9 Å². The number of benzene rings is 2. The maximum Gasteiger partial charge on any atom is 0.241 e. The first kappa shape index (κ1) is 18.0. The predicted octanol–water partition coefficient (Wildman–Crippen LogP) is 3.29. The zero-order valence-corrected chi connectivity index (χ0v) is 15.7. The number of halogens is 1. The van der Waals surface area contributed by atoms with Gasteiger partial charge in [-0.05, 0) is 31.2 Å². The van der Waals surface area contributed by atoms with Crippen molar-refractivity contribution in [2.45, 2.75) is 18.2 Å². The quantitative estimate of drug-likeness (QED) is 0.880. The van der Waals surface area contributed by atoms with E-state index in [1.54, 1.807) is 12.1 Å². The molecule has 0 aliphatic carbocycles. The number of para-hydroxylation sites is 1. The first-order valence-corrected chi connectivity index (χ1v) is 9.64. The van der Waals surface area contributed by atoms with Gasteiger partial charge in [0.25, 0.3) is 0 Å². The number of hydrogen-bond acceptors (Lipinski definition) is 5. The van der Waals surface area contributed by atoms with E-state index in [0.717, 1.165) is 11.3 Å². The Morgan fingerprint density at radius 3 is 2.93 bits per heavy atom. The summed E-state index contributed by atoms with van der Waals surface area (Å²) in [5.74, 6) is 0.186. The van der Waals surface area contributed by atoms with E-state index in [9.17, 15) is 9.18 Å². The Labute approximate surface area is 161 Å². The van der Waals surface area contributed by atoms with E-state index in [0.29, 0.717) is 30.2 Å². The molecule has 2 aromatic carbocycles. The molecule has 0 saturated carbocycles. The molecule has 2 heterocycles. The van der Waals surface area contributed by atoms with E-state index < -0.39 is 4.87 Å². The van der Waals surface area contributed by atoms with Crippen LogP contribution in [0, 0.1) is 11.7 Å². The van der Waals surface area contributed by atoms with Gasteiger partial charge in [-0.3, -0.25) is 4.79 Å². The zero-order valence-electron chi connectivity index (χ0n) is 14.9. The molecule has 2 N–H and O–H groups in total. The number of ether oxygens (including phenoxy) is 1. The number of thioether (sulfide) groups is 1. The van der Waals surface area contributed by atoms with Crippen molar-refractivity contribution in [3.05, 3.63) is 65.5 Å². The van der Waals surface area contributed by atoms with Gasteiger partial charge in [0.2, 0.25) is 5.91 Å². The number of hydrazone groups is 1. The molecule has 27 heavy (non-hydrogen) atoms. The Morgan fingerprint density at radius 2 is 2.19 bits per heavy atom. The highest BCUT2D eigenvalue weighted by molar-refractivity contribution is 8.15. The summed E-state index contributed by atoms with van der Waals surface area (Å²) in [5.41, 5.74) is 7.41. The third kappa shape index (κ3) is 2.91. The summed E-state index contributed by atoms with van der Waals surface area (Å²) in [5, 5.41) is 6.75. The molecular weight excluding hydrogens is 365 g/mol. The molecule has 2 aliphatic rings. The zero-order chi connectivity index (χ0) is 19.0. The van der Waals surface area contributed by atoms with Crippen molar-refractivity contribution in [2.75, 3.05) is 13.2 Å². The molecule has 1 amide bonds. The Hall–Kier alpha value is -2.38. The highest BCUT2D eigenvalue weighted by Gasteiger charge is 2.56. The molecule has 2 aromatic rings. The average Bonchev–Trinajstić information content (AvgIpc) is 3.06. The predicted molar refractivity (Wildman–Crippen MR) is 104 cm³/mol. The monoisotopic (exact) mass is 385 g/mol. The van der Waals surface area contributed by atoms with Gasteiger partial charge in [0, 0.05) is 24.0 Å². The summed E-state index contributed by atoms with van der Waals surface area (Å²) in [7, 11) is 0. The Kier molecular flexibility index (Phi) is 4.65. The summed E-state index contributed by atoms with van der Waals surface area (Å²) >= 11 is 1.48. The fourth-order valence-electron chi connectivity index (χ4n) is 3.74. The Morgan fingerprint density at radius 1 is 1.37 bits per heavy atom. The van der Waals surface area contributed by atoms with Crippen LogP contribution in [0.5, 0.6) is 5.75 Å². The molecule has 0 aromatic heterocycles. The molecule has 4 rings (SSSR count). The van der Waals surface area contributed by atoms with Crippen LogP contribution < -0.4 is 10.5 Å². The fourth-order valence-corrected chi connectivity index (χ4v) is 5.28. The number of carbonyl (C=O) groups is 1. The van der Waals surface area contributed by atoms with Gasteiger partial charge in [-0.1, -0.05) is 42.1 Å². The summed E-state index contributed by atoms with van der Waals surface area (Å²) in [6.45, 7) is 2.41. The lowest BCUT2D eigenvalue weighted by Crippen LogP contribution is -2.51. The van der Waals surface area contributed by atoms with Crippen molar-refractivity contribution in [3.63, 3.8) is 0 Å². The summed E-state index contributed by atoms with van der Waals surface area (Å²) in [4.78, 5) is 11.8. The molecule has 5 nitrogen and oxygen atoms in total. The summed E-state index contributed by atoms with van der Waals surface area (Å²) < 4.78 is 19.7. The number of hydrogen-bond donors (Lipinski definition) is 1. The lowest BCUT2D eigenvalue weighted by Gasteiger charge is -2.45. The molecule has 2 atom stereocenters. The van der Waals surface area contributed by atoms with Crippen LogP contribution in [0.15, 0.2) is 53.6 Å². The van der Waals surface area contributed by atoms with Crippen LogP contribution in [0.1, 0.15) is 24.5 Å². The molecule has 0 saturated heterocycles. The van der Waals surface area contributed by atoms with Crippen LogP contribution in [-0.2, 0) is 9.67 Å². The number of fused-ring (bicyclic) bond motifs is 2. The summed E-state index contributed by atoms with van der Waals surface area (Å²) in [6.07, 6.45) is 0.678. The minimum absolute atomic E-state index is 0.0406. The van der Waals surface area contributed by atoms with Crippen LogP contribution in [0.3, 0.4) is 0 Å². The maximum atomic E-state index is 13.8. The molecule has 2 unspecified atom stereocenters. The van der Waals surface area contributed by atoms with Gasteiger partial charge < -0.3 is 10.5 Å². The third-order valence-corrected chi connectivity index (χ3v) is 6.46. The number of nitrogens with two attached hydrogens (primary N) is 1. The first-order valence-electron chi connectivity index (χ1n) is 8.83. The maximum absolute atomic E-state index is 13.8. The van der Waals surface area contributed by atoms with Gasteiger partial charge in [0.15, 0.2) is 4.87 Å². The molecule has 0 fully saturated rings. The van der Waals surface area contributed by atoms with Gasteiger partial charge in [0.1, 0.15) is 16.6 Å². The van der Waals surface area contributed by atoms with E-state index in [4.69, 9.17) is 10.5 Å². The van der Waals surface area contributed by atoms with Crippen molar-refractivity contribution < 1.29 is 13.9 Å². The van der Waals surface area contributed by atoms with Crippen molar-refractivity contribution in [3.8, 4) is 5.75 Å². The van der Waals surface area contributed by atoms with Crippen molar-refractivity contribution in [1.29, 1.82) is 0 Å². The van der Waals surface area contributed by atoms with Crippen LogP contribution >= 0.6 is 11.8 Å². The number of nitrogens with zero attached hydrogens (tertiary/aromatic N) is 2. The van der Waals surface area contributed by atoms with Crippen molar-refractivity contribution >= 4 is 22.7 Å². The molecule has 7 heteroatoms. The van der Waals surface area contributed by atoms with Crippen molar-refractivity contribution in [1.82, 2.24) is 5.01 Å². The van der Waals surface area contributed by atoms with Crippen LogP contribution in [0.4, 0.5) is 4.39 Å². The summed E-state index contributed by atoms with van der Waals surface area (Å²) in [6, 6.07) is 14.0. The van der Waals surface area contributed by atoms with E-state index in [1.807, 2.05) is 24.3 Å². The van der Waals surface area contributed by atoms with E-state index in [1.165, 1.54) is 35.8 Å². The van der Waals surface area contributed by atoms with Gasteiger partial charge in [-0.15, -0.1) is 0 Å². The van der Waals surface area contributed by atoms with E-state index >= 15 is 0 Å². The van der Waals surface area contributed by atoms with Gasteiger partial charge >= 0.3 is 0 Å². The number of amides is 1. The van der Waals surface area contributed by atoms with Gasteiger partial charge in [-0.2, -0.15) is 5.10 Å². The number of rotatable bonds is 3. The van der Waals surface area contributed by atoms with E-state index in [2.05, 4.69) is 5.10 Å². The highest BCUT2D eigenvalue weighted by Crippen LogP contribution is 2.57. The highest BCUT2D eigenvalue weighted by atomic mass is 32.2. The van der Waals surface area contributed by atoms with Crippen LogP contribution in [-0.4, -0.2) is 29.1 Å². The van der Waals surface area contributed by atoms with Gasteiger partial charge in [-0.25, -0.2) is 9.40 Å². The Balaban J connectivity index is 1.87. The second-order valence-corrected chi connectivity index (χ2v) is 7.84. The molecule has 2 aliphatic heterocycles. The van der Waals surface area contributed by atoms with E-state index in [-0.39, 0.29) is 17.6 Å². The smallest absolute Gasteiger partial charge is 0.241 e. The minimum Gasteiger partial charge on any atom is -0.493 e. The first-order chi connectivity index (χ1) is 13.1. The molecule has 0 radical (unpaired) electrons. The lowest BCUT2D eigenvalue weighted by atomic mass is 9.86. The van der Waals surface area contributed by atoms with Crippen LogP contribution in [0.2, 0.25) is 0 Å². The largest absolute Gasteiger partial charge is 0.493 e. The van der Waals surface area contributed by atoms with Gasteiger partial charge in [0.05, 0.1) is 6.61 Å². The third-order valence-electron chi connectivity index (χ3n) is 4.91. The molecule has 0 bridgehead atoms. The Bertz CT molecular complexity index is 920. The SMILES string of the molecule is CC(=O)N1N=C(c2cccc(F)c2)SC12c1ccccc1OCC2CCN. The molecule has 140 valence electrons. The molecular formula is C20H20FN3O2S. The van der Waals surface area contributed by atoms with Crippen molar-refractivity contribution in [2.24, 2.45) is 16.8 Å². The standard InChI is InChI=1S/C20H20FN3O2S/c1-13(25)24-20(27-19(23-24)14-5-4-6-16(21)11-14)15(9-10-22)12-26-18-8-3-2-7-17(18)20/h2-8,11,15H,9-10,12,22H2,1H3. The second kappa shape index (κ2) is 6.98. The average molecular weight is 385 g/mol. The molecule has 1 spiro atoms. The minimum atomic E-state index is -0.748. The fraction of sp³-hybridized carbons (Fsp3) is 0.300. The normalized spacial score (nSPS) is 23.7. The number of carbonyl (C=O) groups excluding carboxylic acids is 1. The second-order valence-electron chi connectivity index (χ2n) is 6.63.